The maximum absolute atomic E-state index is 14.7. The van der Waals surface area contributed by atoms with E-state index in [1.807, 2.05) is 19.9 Å². The minimum absolute atomic E-state index is 0.00778. The van der Waals surface area contributed by atoms with Gasteiger partial charge >= 0.3 is 0 Å². The number of nitrogens with zero attached hydrogens (tertiary/aromatic N) is 3. The van der Waals surface area contributed by atoms with E-state index in [9.17, 15) is 18.7 Å². The zero-order valence-electron chi connectivity index (χ0n) is 21.3. The number of piperidine rings is 1. The third-order valence-corrected chi connectivity index (χ3v) is 7.67. The first-order valence-corrected chi connectivity index (χ1v) is 13.1. The number of halogens is 2. The lowest BCUT2D eigenvalue weighted by molar-refractivity contribution is 0.0565. The van der Waals surface area contributed by atoms with Gasteiger partial charge in [0.05, 0.1) is 18.3 Å². The van der Waals surface area contributed by atoms with E-state index in [4.69, 9.17) is 4.74 Å². The molecule has 1 amide bonds. The smallest absolute Gasteiger partial charge is 0.256 e. The van der Waals surface area contributed by atoms with Crippen LogP contribution < -0.4 is 4.74 Å². The van der Waals surface area contributed by atoms with Gasteiger partial charge in [0.2, 0.25) is 5.88 Å². The lowest BCUT2D eigenvalue weighted by Crippen LogP contribution is -2.44. The number of rotatable bonds is 9. The van der Waals surface area contributed by atoms with Crippen molar-refractivity contribution in [1.82, 2.24) is 14.8 Å². The minimum Gasteiger partial charge on any atom is -0.477 e. The number of hydrogen-bond donors (Lipinski definition) is 1. The third kappa shape index (κ3) is 6.40. The van der Waals surface area contributed by atoms with Gasteiger partial charge in [0, 0.05) is 37.5 Å². The van der Waals surface area contributed by atoms with E-state index in [1.54, 1.807) is 18.3 Å². The number of carbonyl (C=O) groups excluding carboxylic acids is 1. The average Bonchev–Trinajstić information content (AvgIpc) is 3.34. The lowest BCUT2D eigenvalue weighted by Gasteiger charge is -2.36. The predicted octanol–water partition coefficient (Wildman–Crippen LogP) is 4.71. The highest BCUT2D eigenvalue weighted by molar-refractivity contribution is 5.95. The van der Waals surface area contributed by atoms with Crippen LogP contribution in [0.3, 0.4) is 0 Å². The Hall–Kier alpha value is -2.58. The van der Waals surface area contributed by atoms with Crippen molar-refractivity contribution in [2.24, 2.45) is 5.92 Å². The fourth-order valence-corrected chi connectivity index (χ4v) is 4.99. The van der Waals surface area contributed by atoms with Gasteiger partial charge in [0.15, 0.2) is 0 Å². The number of amides is 1. The number of β-amino-alcohol motifs (C(OH)–C–C–N with tert-alkyl or cyclic N) is 1. The fourth-order valence-electron chi connectivity index (χ4n) is 4.99. The van der Waals surface area contributed by atoms with Crippen LogP contribution in [0.15, 0.2) is 36.5 Å². The number of pyridine rings is 1. The molecule has 196 valence electrons. The number of likely N-dealkylation sites (tertiary alicyclic amines) is 2. The molecular formula is C28H37F2N3O3. The van der Waals surface area contributed by atoms with Crippen molar-refractivity contribution in [3.63, 3.8) is 0 Å². The van der Waals surface area contributed by atoms with Gasteiger partial charge in [-0.25, -0.2) is 13.8 Å². The number of aromatic nitrogens is 1. The van der Waals surface area contributed by atoms with Crippen LogP contribution in [0.4, 0.5) is 8.78 Å². The Kier molecular flexibility index (Phi) is 8.57. The van der Waals surface area contributed by atoms with Crippen molar-refractivity contribution >= 4 is 5.91 Å². The van der Waals surface area contributed by atoms with Crippen LogP contribution in [-0.2, 0) is 0 Å². The normalized spacial score (nSPS) is 19.6. The summed E-state index contributed by atoms with van der Waals surface area (Å²) >= 11 is 0. The van der Waals surface area contributed by atoms with Crippen molar-refractivity contribution in [3.05, 3.63) is 47.9 Å². The molecule has 2 aliphatic rings. The number of hydrogen-bond acceptors (Lipinski definition) is 5. The van der Waals surface area contributed by atoms with Crippen LogP contribution in [0, 0.1) is 11.7 Å². The van der Waals surface area contributed by atoms with Gasteiger partial charge in [-0.3, -0.25) is 4.79 Å². The molecule has 1 aromatic carbocycles. The van der Waals surface area contributed by atoms with Gasteiger partial charge in [0.25, 0.3) is 5.91 Å². The van der Waals surface area contributed by atoms with Gasteiger partial charge < -0.3 is 19.6 Å². The van der Waals surface area contributed by atoms with Crippen LogP contribution in [0.2, 0.25) is 0 Å². The van der Waals surface area contributed by atoms with E-state index in [2.05, 4.69) is 9.88 Å². The topological polar surface area (TPSA) is 65.9 Å². The summed E-state index contributed by atoms with van der Waals surface area (Å²) in [6.45, 7) is 7.34. The van der Waals surface area contributed by atoms with Gasteiger partial charge in [-0.05, 0) is 74.9 Å². The highest BCUT2D eigenvalue weighted by Crippen LogP contribution is 2.27. The first-order valence-electron chi connectivity index (χ1n) is 13.1. The van der Waals surface area contributed by atoms with E-state index < -0.39 is 23.5 Å². The SMILES string of the molecule is CCC(F)(CC)CN1CCC(COc2ccc(-c3ccc(C(=O)N4CC[C@@H](O)C4)c(F)c3)cn2)CC1. The van der Waals surface area contributed by atoms with Crippen LogP contribution >= 0.6 is 0 Å². The van der Waals surface area contributed by atoms with E-state index >= 15 is 0 Å². The number of carbonyl (C=O) groups is 1. The summed E-state index contributed by atoms with van der Waals surface area (Å²) in [6, 6.07) is 8.13. The van der Waals surface area contributed by atoms with E-state index in [0.717, 1.165) is 31.5 Å². The van der Waals surface area contributed by atoms with E-state index in [0.29, 0.717) is 56.3 Å². The minimum atomic E-state index is -1.09. The van der Waals surface area contributed by atoms with Crippen molar-refractivity contribution in [2.75, 3.05) is 39.3 Å². The molecule has 0 aliphatic carbocycles. The second-order valence-electron chi connectivity index (χ2n) is 10.2. The van der Waals surface area contributed by atoms with Gasteiger partial charge in [-0.1, -0.05) is 19.9 Å². The zero-order chi connectivity index (χ0) is 25.7. The number of aliphatic hydroxyl groups excluding tert-OH is 1. The molecule has 36 heavy (non-hydrogen) atoms. The van der Waals surface area contributed by atoms with Crippen molar-refractivity contribution < 1.29 is 23.4 Å². The molecule has 1 atom stereocenters. The molecule has 0 spiro atoms. The molecule has 3 heterocycles. The Morgan fingerprint density at radius 1 is 1.11 bits per heavy atom. The number of ether oxygens (including phenoxy) is 1. The molecule has 1 N–H and O–H groups in total. The third-order valence-electron chi connectivity index (χ3n) is 7.67. The molecule has 1 aromatic heterocycles. The number of aliphatic hydroxyl groups is 1. The first-order chi connectivity index (χ1) is 17.3. The fraction of sp³-hybridized carbons (Fsp3) is 0.571. The van der Waals surface area contributed by atoms with Crippen molar-refractivity contribution in [3.8, 4) is 17.0 Å². The summed E-state index contributed by atoms with van der Waals surface area (Å²) in [5.74, 6) is -0.0619. The van der Waals surface area contributed by atoms with Crippen LogP contribution in [0.1, 0.15) is 56.3 Å². The molecule has 0 bridgehead atoms. The number of alkyl halides is 1. The van der Waals surface area contributed by atoms with Crippen molar-refractivity contribution in [1.29, 1.82) is 0 Å². The molecule has 2 aliphatic heterocycles. The standard InChI is InChI=1S/C28H37F2N3O3/c1-3-28(30,4-2)19-32-12-9-20(10-13-32)18-36-26-8-6-22(16-31-26)21-5-7-24(25(29)15-21)27(35)33-14-11-23(34)17-33/h5-8,15-16,20,23,34H,3-4,9-14,17-19H2,1-2H3/t23-/m1/s1. The predicted molar refractivity (Wildman–Crippen MR) is 135 cm³/mol. The Labute approximate surface area is 212 Å². The van der Waals surface area contributed by atoms with Gasteiger partial charge in [0.1, 0.15) is 11.5 Å². The number of benzene rings is 1. The van der Waals surface area contributed by atoms with Crippen LogP contribution in [-0.4, -0.2) is 76.9 Å². The summed E-state index contributed by atoms with van der Waals surface area (Å²) in [6.07, 6.45) is 4.66. The first kappa shape index (κ1) is 26.5. The maximum atomic E-state index is 14.7. The maximum Gasteiger partial charge on any atom is 0.256 e. The Bertz CT molecular complexity index is 1020. The van der Waals surface area contributed by atoms with E-state index in [-0.39, 0.29) is 12.1 Å². The second-order valence-corrected chi connectivity index (χ2v) is 10.2. The zero-order valence-corrected chi connectivity index (χ0v) is 21.3. The molecule has 6 nitrogen and oxygen atoms in total. The van der Waals surface area contributed by atoms with Gasteiger partial charge in [-0.15, -0.1) is 0 Å². The summed E-state index contributed by atoms with van der Waals surface area (Å²) < 4.78 is 35.3. The lowest BCUT2D eigenvalue weighted by atomic mass is 9.94. The monoisotopic (exact) mass is 501 g/mol. The van der Waals surface area contributed by atoms with Gasteiger partial charge in [-0.2, -0.15) is 0 Å². The Morgan fingerprint density at radius 2 is 1.83 bits per heavy atom. The van der Waals surface area contributed by atoms with Crippen LogP contribution in [0.5, 0.6) is 5.88 Å². The summed E-state index contributed by atoms with van der Waals surface area (Å²) in [5, 5.41) is 9.64. The summed E-state index contributed by atoms with van der Waals surface area (Å²) in [7, 11) is 0. The molecule has 0 radical (unpaired) electrons. The Morgan fingerprint density at radius 3 is 2.42 bits per heavy atom. The summed E-state index contributed by atoms with van der Waals surface area (Å²) in [5.41, 5.74) is 0.269. The summed E-state index contributed by atoms with van der Waals surface area (Å²) in [4.78, 5) is 20.6. The molecule has 8 heteroatoms. The molecule has 2 fully saturated rings. The molecule has 0 saturated carbocycles. The van der Waals surface area contributed by atoms with Crippen molar-refractivity contribution in [2.45, 2.75) is 57.7 Å². The van der Waals surface area contributed by atoms with Crippen LogP contribution in [0.25, 0.3) is 11.1 Å². The highest BCUT2D eigenvalue weighted by Gasteiger charge is 2.30. The molecule has 4 rings (SSSR count). The average molecular weight is 502 g/mol. The quantitative estimate of drug-likeness (QED) is 0.539. The molecule has 2 saturated heterocycles. The Balaban J connectivity index is 1.27. The van der Waals surface area contributed by atoms with E-state index in [1.165, 1.54) is 17.0 Å². The molecule has 0 unspecified atom stereocenters. The molecule has 2 aromatic rings. The molecular weight excluding hydrogens is 464 g/mol. The second kappa shape index (κ2) is 11.6. The highest BCUT2D eigenvalue weighted by atomic mass is 19.1. The largest absolute Gasteiger partial charge is 0.477 e.